The maximum Gasteiger partial charge on any atom is 0.0574 e. The SMILES string of the molecule is CNC(c1ccc(C)cc1)c1cccc(CN)c1. The molecule has 2 heteroatoms. The molecule has 0 aliphatic rings. The molecule has 1 unspecified atom stereocenters. The van der Waals surface area contributed by atoms with E-state index in [9.17, 15) is 0 Å². The van der Waals surface area contributed by atoms with Crippen molar-refractivity contribution >= 4 is 0 Å². The van der Waals surface area contributed by atoms with Gasteiger partial charge >= 0.3 is 0 Å². The van der Waals surface area contributed by atoms with Gasteiger partial charge in [-0.25, -0.2) is 0 Å². The molecule has 18 heavy (non-hydrogen) atoms. The molecular formula is C16H20N2. The number of nitrogens with two attached hydrogens (primary N) is 1. The van der Waals surface area contributed by atoms with Crippen LogP contribution >= 0.6 is 0 Å². The molecule has 94 valence electrons. The minimum Gasteiger partial charge on any atom is -0.326 e. The average Bonchev–Trinajstić information content (AvgIpc) is 2.42. The zero-order chi connectivity index (χ0) is 13.0. The van der Waals surface area contributed by atoms with Crippen LogP contribution in [0.15, 0.2) is 48.5 Å². The molecule has 2 aromatic carbocycles. The molecule has 0 aliphatic heterocycles. The third kappa shape index (κ3) is 2.78. The molecule has 3 N–H and O–H groups in total. The lowest BCUT2D eigenvalue weighted by molar-refractivity contribution is 0.690. The first-order valence-electron chi connectivity index (χ1n) is 6.27. The summed E-state index contributed by atoms with van der Waals surface area (Å²) in [4.78, 5) is 0. The molecule has 0 bridgehead atoms. The summed E-state index contributed by atoms with van der Waals surface area (Å²) in [5.74, 6) is 0. The first-order chi connectivity index (χ1) is 8.74. The van der Waals surface area contributed by atoms with Crippen LogP contribution in [-0.4, -0.2) is 7.05 Å². The van der Waals surface area contributed by atoms with E-state index in [1.54, 1.807) is 0 Å². The molecule has 2 rings (SSSR count). The van der Waals surface area contributed by atoms with E-state index in [1.165, 1.54) is 22.3 Å². The van der Waals surface area contributed by atoms with Crippen molar-refractivity contribution in [2.24, 2.45) is 5.73 Å². The predicted octanol–water partition coefficient (Wildman–Crippen LogP) is 2.76. The van der Waals surface area contributed by atoms with Gasteiger partial charge in [-0.1, -0.05) is 54.1 Å². The predicted molar refractivity (Wildman–Crippen MR) is 76.4 cm³/mol. The Labute approximate surface area is 109 Å². The van der Waals surface area contributed by atoms with Crippen molar-refractivity contribution in [1.29, 1.82) is 0 Å². The second-order valence-corrected chi connectivity index (χ2v) is 4.58. The van der Waals surface area contributed by atoms with Crippen molar-refractivity contribution in [3.8, 4) is 0 Å². The van der Waals surface area contributed by atoms with E-state index in [0.29, 0.717) is 6.54 Å². The zero-order valence-electron chi connectivity index (χ0n) is 11.0. The summed E-state index contributed by atoms with van der Waals surface area (Å²) in [7, 11) is 1.99. The van der Waals surface area contributed by atoms with Gasteiger partial charge in [-0.2, -0.15) is 0 Å². The van der Waals surface area contributed by atoms with E-state index in [0.717, 1.165) is 0 Å². The molecule has 0 amide bonds. The van der Waals surface area contributed by atoms with Crippen LogP contribution in [0.1, 0.15) is 28.3 Å². The molecule has 0 saturated carbocycles. The van der Waals surface area contributed by atoms with Crippen LogP contribution in [0.25, 0.3) is 0 Å². The van der Waals surface area contributed by atoms with Gasteiger partial charge in [0.15, 0.2) is 0 Å². The number of hydrogen-bond donors (Lipinski definition) is 2. The lowest BCUT2D eigenvalue weighted by atomic mass is 9.96. The van der Waals surface area contributed by atoms with Crippen LogP contribution in [-0.2, 0) is 6.54 Å². The number of benzene rings is 2. The first kappa shape index (κ1) is 12.8. The van der Waals surface area contributed by atoms with E-state index in [-0.39, 0.29) is 6.04 Å². The van der Waals surface area contributed by atoms with Crippen LogP contribution in [0.5, 0.6) is 0 Å². The van der Waals surface area contributed by atoms with Gasteiger partial charge in [0, 0.05) is 6.54 Å². The average molecular weight is 240 g/mol. The van der Waals surface area contributed by atoms with Crippen LogP contribution in [0.3, 0.4) is 0 Å². The van der Waals surface area contributed by atoms with Gasteiger partial charge in [0.2, 0.25) is 0 Å². The fourth-order valence-corrected chi connectivity index (χ4v) is 2.18. The third-order valence-electron chi connectivity index (χ3n) is 3.22. The van der Waals surface area contributed by atoms with E-state index in [1.807, 2.05) is 7.05 Å². The lowest BCUT2D eigenvalue weighted by Gasteiger charge is -2.18. The zero-order valence-corrected chi connectivity index (χ0v) is 11.0. The Morgan fingerprint density at radius 3 is 2.39 bits per heavy atom. The van der Waals surface area contributed by atoms with Gasteiger partial charge in [0.05, 0.1) is 6.04 Å². The summed E-state index contributed by atoms with van der Waals surface area (Å²) >= 11 is 0. The summed E-state index contributed by atoms with van der Waals surface area (Å²) in [5, 5.41) is 3.36. The monoisotopic (exact) mass is 240 g/mol. The van der Waals surface area contributed by atoms with Crippen LogP contribution in [0.4, 0.5) is 0 Å². The largest absolute Gasteiger partial charge is 0.326 e. The van der Waals surface area contributed by atoms with Crippen molar-refractivity contribution in [2.45, 2.75) is 19.5 Å². The van der Waals surface area contributed by atoms with Crippen LogP contribution < -0.4 is 11.1 Å². The highest BCUT2D eigenvalue weighted by Gasteiger charge is 2.11. The topological polar surface area (TPSA) is 38.0 Å². The number of nitrogens with one attached hydrogen (secondary N) is 1. The molecular weight excluding hydrogens is 220 g/mol. The first-order valence-corrected chi connectivity index (χ1v) is 6.27. The van der Waals surface area contributed by atoms with Crippen LogP contribution in [0.2, 0.25) is 0 Å². The molecule has 0 spiro atoms. The number of hydrogen-bond acceptors (Lipinski definition) is 2. The minimum absolute atomic E-state index is 0.220. The van der Waals surface area contributed by atoms with Crippen LogP contribution in [0, 0.1) is 6.92 Å². The molecule has 0 heterocycles. The van der Waals surface area contributed by atoms with Crippen molar-refractivity contribution in [2.75, 3.05) is 7.05 Å². The van der Waals surface area contributed by atoms with Gasteiger partial charge in [-0.15, -0.1) is 0 Å². The Morgan fingerprint density at radius 2 is 1.78 bits per heavy atom. The summed E-state index contributed by atoms with van der Waals surface area (Å²) < 4.78 is 0. The summed E-state index contributed by atoms with van der Waals surface area (Å²) in [6.45, 7) is 2.69. The second-order valence-electron chi connectivity index (χ2n) is 4.58. The van der Waals surface area contributed by atoms with Gasteiger partial charge in [0.25, 0.3) is 0 Å². The molecule has 0 radical (unpaired) electrons. The van der Waals surface area contributed by atoms with Crippen molar-refractivity contribution in [3.63, 3.8) is 0 Å². The highest BCUT2D eigenvalue weighted by Crippen LogP contribution is 2.22. The molecule has 0 saturated heterocycles. The Morgan fingerprint density at radius 1 is 1.06 bits per heavy atom. The quantitative estimate of drug-likeness (QED) is 0.862. The molecule has 0 aliphatic carbocycles. The van der Waals surface area contributed by atoms with Gasteiger partial charge in [-0.3, -0.25) is 0 Å². The Balaban J connectivity index is 2.35. The van der Waals surface area contributed by atoms with Gasteiger partial charge in [-0.05, 0) is 30.7 Å². The molecule has 2 nitrogen and oxygen atoms in total. The summed E-state index contributed by atoms with van der Waals surface area (Å²) in [5.41, 5.74) is 10.7. The third-order valence-corrected chi connectivity index (χ3v) is 3.22. The lowest BCUT2D eigenvalue weighted by Crippen LogP contribution is -2.18. The Bertz CT molecular complexity index is 503. The highest BCUT2D eigenvalue weighted by molar-refractivity contribution is 5.35. The number of rotatable bonds is 4. The Hall–Kier alpha value is -1.64. The fourth-order valence-electron chi connectivity index (χ4n) is 2.18. The summed E-state index contributed by atoms with van der Waals surface area (Å²) in [6, 6.07) is 17.3. The van der Waals surface area contributed by atoms with Gasteiger partial charge < -0.3 is 11.1 Å². The molecule has 0 fully saturated rings. The molecule has 1 atom stereocenters. The summed E-state index contributed by atoms with van der Waals surface area (Å²) in [6.07, 6.45) is 0. The second kappa shape index (κ2) is 5.80. The maximum absolute atomic E-state index is 5.70. The number of aryl methyl sites for hydroxylation is 1. The normalized spacial score (nSPS) is 12.4. The van der Waals surface area contributed by atoms with Crippen molar-refractivity contribution in [1.82, 2.24) is 5.32 Å². The van der Waals surface area contributed by atoms with E-state index in [2.05, 4.69) is 60.8 Å². The maximum atomic E-state index is 5.70. The standard InChI is InChI=1S/C16H20N2/c1-12-6-8-14(9-7-12)16(18-2)15-5-3-4-13(10-15)11-17/h3-10,16,18H,11,17H2,1-2H3. The minimum atomic E-state index is 0.220. The fraction of sp³-hybridized carbons (Fsp3) is 0.250. The van der Waals surface area contributed by atoms with Crippen molar-refractivity contribution in [3.05, 3.63) is 70.8 Å². The smallest absolute Gasteiger partial charge is 0.0574 e. The van der Waals surface area contributed by atoms with Crippen molar-refractivity contribution < 1.29 is 0 Å². The highest BCUT2D eigenvalue weighted by atomic mass is 14.9. The molecule has 0 aromatic heterocycles. The molecule has 2 aromatic rings. The van der Waals surface area contributed by atoms with Gasteiger partial charge in [0.1, 0.15) is 0 Å². The Kier molecular flexibility index (Phi) is 4.13. The van der Waals surface area contributed by atoms with E-state index < -0.39 is 0 Å². The van der Waals surface area contributed by atoms with E-state index >= 15 is 0 Å². The van der Waals surface area contributed by atoms with E-state index in [4.69, 9.17) is 5.73 Å².